The van der Waals surface area contributed by atoms with Gasteiger partial charge in [0.15, 0.2) is 0 Å². The molecule has 0 spiro atoms. The molecule has 4 rings (SSSR count). The molecule has 9 heteroatoms. The van der Waals surface area contributed by atoms with Gasteiger partial charge in [-0.1, -0.05) is 30.4 Å². The Morgan fingerprint density at radius 2 is 1.93 bits per heavy atom. The Hall–Kier alpha value is -4.40. The summed E-state index contributed by atoms with van der Waals surface area (Å²) in [4.78, 5) is 29.4. The molecule has 2 aliphatic carbocycles. The number of carbonyl (C=O) groups excluding carboxylic acids is 2. The van der Waals surface area contributed by atoms with Crippen LogP contribution in [-0.2, 0) is 14.3 Å². The van der Waals surface area contributed by atoms with Gasteiger partial charge < -0.3 is 20.5 Å². The minimum Gasteiger partial charge on any atom is -0.494 e. The molecule has 2 aliphatic rings. The number of amides is 1. The summed E-state index contributed by atoms with van der Waals surface area (Å²) < 4.78 is 11.4. The molecule has 1 atom stereocenters. The fourth-order valence-electron chi connectivity index (χ4n) is 4.70. The Morgan fingerprint density at radius 1 is 1.18 bits per heavy atom. The van der Waals surface area contributed by atoms with E-state index in [9.17, 15) is 9.59 Å². The van der Waals surface area contributed by atoms with E-state index in [1.54, 1.807) is 51.1 Å². The lowest BCUT2D eigenvalue weighted by atomic mass is 9.91. The van der Waals surface area contributed by atoms with Crippen molar-refractivity contribution in [1.82, 2.24) is 10.3 Å². The van der Waals surface area contributed by atoms with Gasteiger partial charge in [0, 0.05) is 24.0 Å². The van der Waals surface area contributed by atoms with E-state index in [0.717, 1.165) is 49.0 Å². The highest BCUT2D eigenvalue weighted by Crippen LogP contribution is 2.34. The van der Waals surface area contributed by atoms with Crippen molar-refractivity contribution in [2.75, 3.05) is 12.3 Å². The number of hydrogen-bond acceptors (Lipinski definition) is 6. The van der Waals surface area contributed by atoms with Gasteiger partial charge in [-0.05, 0) is 69.9 Å². The largest absolute Gasteiger partial charge is 0.494 e. The maximum atomic E-state index is 12.5. The molecule has 210 valence electrons. The predicted octanol–water partition coefficient (Wildman–Crippen LogP) is 3.05. The van der Waals surface area contributed by atoms with Crippen LogP contribution in [0.3, 0.4) is 0 Å². The molecular formula is C31H38N5O4+. The number of ether oxygens (including phenoxy) is 2. The van der Waals surface area contributed by atoms with Crippen molar-refractivity contribution in [3.8, 4) is 11.3 Å². The molecule has 0 saturated carbocycles. The first kappa shape index (κ1) is 28.6. The number of esters is 1. The van der Waals surface area contributed by atoms with E-state index < -0.39 is 11.6 Å². The van der Waals surface area contributed by atoms with Crippen LogP contribution in [0.4, 0.5) is 5.69 Å². The number of nitrogen functional groups attached to an aromatic ring is 1. The van der Waals surface area contributed by atoms with Crippen LogP contribution in [0.5, 0.6) is 0 Å². The smallest absolute Gasteiger partial charge is 0.325 e. The number of nitrogens with two attached hydrogens (primary N) is 3. The fraction of sp³-hybridized carbons (Fsp3) is 0.355. The lowest BCUT2D eigenvalue weighted by Crippen LogP contribution is -2.47. The number of anilines is 1. The Balaban J connectivity index is 1.50. The summed E-state index contributed by atoms with van der Waals surface area (Å²) >= 11 is 0. The van der Waals surface area contributed by atoms with Crippen molar-refractivity contribution < 1.29 is 24.5 Å². The molecular weight excluding hydrogens is 506 g/mol. The standard InChI is InChI=1S/C31H37N5O4/c1-31(2,3)40-26(37)18-35-30(38)21-11-9-19(10-12-21)25-17-24(32)27(29(33)34)28(36-25)20-13-15-23(16-14-20)39-22-7-5-4-6-8-22/h4-5,7,9-13,17,23H,6,8,14-16,18H2,1-3H3,(H2,32,36)(H3,33,34)(H,35,38)/p+1. The predicted molar refractivity (Wildman–Crippen MR) is 156 cm³/mol. The van der Waals surface area contributed by atoms with E-state index in [2.05, 4.69) is 17.5 Å². The third kappa shape index (κ3) is 7.37. The van der Waals surface area contributed by atoms with E-state index in [4.69, 9.17) is 31.3 Å². The zero-order valence-electron chi connectivity index (χ0n) is 23.3. The maximum Gasteiger partial charge on any atom is 0.325 e. The molecule has 0 saturated heterocycles. The molecule has 2 aromatic rings. The van der Waals surface area contributed by atoms with Gasteiger partial charge in [-0.3, -0.25) is 20.7 Å². The third-order valence-electron chi connectivity index (χ3n) is 6.56. The monoisotopic (exact) mass is 544 g/mol. The van der Waals surface area contributed by atoms with Gasteiger partial charge >= 0.3 is 5.97 Å². The Kier molecular flexibility index (Phi) is 8.72. The van der Waals surface area contributed by atoms with Crippen molar-refractivity contribution in [3.05, 3.63) is 77.2 Å². The van der Waals surface area contributed by atoms with Crippen LogP contribution in [0, 0.1) is 0 Å². The van der Waals surface area contributed by atoms with Crippen molar-refractivity contribution in [1.29, 1.82) is 0 Å². The number of amidine groups is 1. The molecule has 1 heterocycles. The van der Waals surface area contributed by atoms with Crippen molar-refractivity contribution in [2.24, 2.45) is 5.73 Å². The zero-order chi connectivity index (χ0) is 28.9. The topological polar surface area (TPSA) is 155 Å². The first-order valence-electron chi connectivity index (χ1n) is 13.5. The van der Waals surface area contributed by atoms with Gasteiger partial charge in [-0.15, -0.1) is 0 Å². The maximum absolute atomic E-state index is 12.5. The average Bonchev–Trinajstić information content (AvgIpc) is 2.91. The Morgan fingerprint density at radius 3 is 2.52 bits per heavy atom. The van der Waals surface area contributed by atoms with Gasteiger partial charge in [-0.25, -0.2) is 4.98 Å². The fourth-order valence-corrected chi connectivity index (χ4v) is 4.70. The van der Waals surface area contributed by atoms with E-state index in [0.29, 0.717) is 28.2 Å². The number of nitrogens with one attached hydrogen (secondary N) is 1. The number of carbonyl (C=O) groups is 2. The average molecular weight is 545 g/mol. The van der Waals surface area contributed by atoms with Gasteiger partial charge in [0.2, 0.25) is 0 Å². The number of nitrogens with zero attached hydrogens (tertiary/aromatic N) is 1. The molecule has 0 fully saturated rings. The van der Waals surface area contributed by atoms with Crippen LogP contribution in [0.15, 0.2) is 60.4 Å². The summed E-state index contributed by atoms with van der Waals surface area (Å²) in [5, 5.41) is 8.62. The van der Waals surface area contributed by atoms with Gasteiger partial charge in [0.1, 0.15) is 23.8 Å². The molecule has 1 unspecified atom stereocenters. The molecule has 0 radical (unpaired) electrons. The van der Waals surface area contributed by atoms with Gasteiger partial charge in [0.05, 0.1) is 22.8 Å². The number of pyridine rings is 1. The number of aromatic nitrogens is 1. The van der Waals surface area contributed by atoms with Crippen LogP contribution >= 0.6 is 0 Å². The zero-order valence-corrected chi connectivity index (χ0v) is 23.3. The number of allylic oxidation sites excluding steroid dienone is 5. The number of benzene rings is 1. The first-order chi connectivity index (χ1) is 19.0. The first-order valence-corrected chi connectivity index (χ1v) is 13.5. The highest BCUT2D eigenvalue weighted by atomic mass is 16.6. The second-order valence-electron chi connectivity index (χ2n) is 11.0. The number of rotatable bonds is 8. The molecule has 1 amide bonds. The molecule has 0 bridgehead atoms. The molecule has 9 nitrogen and oxygen atoms in total. The van der Waals surface area contributed by atoms with Gasteiger partial charge in [0.25, 0.3) is 11.7 Å². The van der Waals surface area contributed by atoms with Crippen LogP contribution in [0.25, 0.3) is 16.8 Å². The lowest BCUT2D eigenvalue weighted by molar-refractivity contribution is -0.153. The highest BCUT2D eigenvalue weighted by Gasteiger charge is 2.25. The second kappa shape index (κ2) is 12.2. The summed E-state index contributed by atoms with van der Waals surface area (Å²) in [7, 11) is 0. The lowest BCUT2D eigenvalue weighted by Gasteiger charge is -2.25. The Labute approximate surface area is 234 Å². The minimum absolute atomic E-state index is 0.110. The minimum atomic E-state index is -0.618. The second-order valence-corrected chi connectivity index (χ2v) is 11.0. The third-order valence-corrected chi connectivity index (χ3v) is 6.56. The summed E-state index contributed by atoms with van der Waals surface area (Å²) in [5.74, 6) is 0.257. The molecule has 1 aromatic carbocycles. The van der Waals surface area contributed by atoms with Crippen LogP contribution in [0.2, 0.25) is 0 Å². The molecule has 7 N–H and O–H groups in total. The van der Waals surface area contributed by atoms with Crippen LogP contribution < -0.4 is 22.2 Å². The van der Waals surface area contributed by atoms with Crippen molar-refractivity contribution in [2.45, 2.75) is 64.6 Å². The summed E-state index contributed by atoms with van der Waals surface area (Å²) in [5.41, 5.74) is 16.3. The van der Waals surface area contributed by atoms with E-state index in [1.807, 2.05) is 12.2 Å². The quantitative estimate of drug-likeness (QED) is 0.226. The Bertz CT molecular complexity index is 1380. The summed E-state index contributed by atoms with van der Waals surface area (Å²) in [6.07, 6.45) is 12.7. The van der Waals surface area contributed by atoms with Crippen LogP contribution in [0.1, 0.15) is 74.5 Å². The highest BCUT2D eigenvalue weighted by molar-refractivity contribution is 6.03. The normalized spacial score (nSPS) is 16.9. The van der Waals surface area contributed by atoms with E-state index in [1.165, 1.54) is 0 Å². The van der Waals surface area contributed by atoms with Crippen LogP contribution in [-0.4, -0.2) is 40.9 Å². The molecule has 0 aliphatic heterocycles. The summed E-state index contributed by atoms with van der Waals surface area (Å²) in [6, 6.07) is 8.65. The SMILES string of the molecule is CC(C)(C)OC(=O)CNC(=O)c1ccc(-c2cc(N)c(C(N)=[NH2+])c(C3=CCC(OC4=CC=CCC4)CC3)n2)cc1. The van der Waals surface area contributed by atoms with E-state index >= 15 is 0 Å². The van der Waals surface area contributed by atoms with Gasteiger partial charge in [-0.2, -0.15) is 0 Å². The molecule has 40 heavy (non-hydrogen) atoms. The molecule has 1 aromatic heterocycles. The summed E-state index contributed by atoms with van der Waals surface area (Å²) in [6.45, 7) is 5.10. The number of hydrogen-bond donors (Lipinski definition) is 4. The van der Waals surface area contributed by atoms with Crippen molar-refractivity contribution in [3.63, 3.8) is 0 Å². The van der Waals surface area contributed by atoms with Crippen molar-refractivity contribution >= 4 is 29.0 Å². The van der Waals surface area contributed by atoms with E-state index in [-0.39, 0.29) is 24.4 Å².